The molecule has 1 amide bonds. The molecule has 3 atom stereocenters. The number of piperidine rings is 1. The Labute approximate surface area is 168 Å². The molecule has 2 aliphatic heterocycles. The molecule has 3 N–H and O–H groups in total. The Kier molecular flexibility index (Phi) is 10.5. The van der Waals surface area contributed by atoms with Gasteiger partial charge in [-0.05, 0) is 37.8 Å². The van der Waals surface area contributed by atoms with Gasteiger partial charge in [-0.1, -0.05) is 36.8 Å². The molecule has 0 spiro atoms. The molecule has 3 rings (SSSR count). The first-order valence-electron chi connectivity index (χ1n) is 9.17. The van der Waals surface area contributed by atoms with Crippen LogP contribution in [0.3, 0.4) is 0 Å². The van der Waals surface area contributed by atoms with Gasteiger partial charge in [-0.3, -0.25) is 9.69 Å². The minimum atomic E-state index is -0.315. The number of likely N-dealkylation sites (tertiary alicyclic amines) is 1. The van der Waals surface area contributed by atoms with E-state index in [9.17, 15) is 4.79 Å². The van der Waals surface area contributed by atoms with Crippen molar-refractivity contribution in [3.05, 3.63) is 35.9 Å². The summed E-state index contributed by atoms with van der Waals surface area (Å²) in [6.07, 6.45) is 5.02. The number of nitrogens with zero attached hydrogens (tertiary/aromatic N) is 1. The molecule has 148 valence electrons. The van der Waals surface area contributed by atoms with Gasteiger partial charge in [0, 0.05) is 25.7 Å². The number of benzene rings is 1. The average Bonchev–Trinajstić information content (AvgIpc) is 3.11. The van der Waals surface area contributed by atoms with E-state index in [0.29, 0.717) is 19.1 Å². The predicted octanol–water partition coefficient (Wildman–Crippen LogP) is 2.51. The highest BCUT2D eigenvalue weighted by Gasteiger charge is 2.30. The first-order chi connectivity index (χ1) is 11.8. The Hall–Kier alpha value is -0.850. The normalized spacial score (nSPS) is 25.8. The Morgan fingerprint density at radius 1 is 1.15 bits per heavy atom. The van der Waals surface area contributed by atoms with Crippen LogP contribution in [0.1, 0.15) is 37.7 Å². The summed E-state index contributed by atoms with van der Waals surface area (Å²) in [7, 11) is 0. The van der Waals surface area contributed by atoms with Gasteiger partial charge in [0.15, 0.2) is 0 Å². The van der Waals surface area contributed by atoms with E-state index < -0.39 is 0 Å². The highest BCUT2D eigenvalue weighted by molar-refractivity contribution is 5.85. The molecule has 0 saturated carbocycles. The van der Waals surface area contributed by atoms with Crippen molar-refractivity contribution < 1.29 is 9.53 Å². The van der Waals surface area contributed by atoms with Crippen LogP contribution in [0.5, 0.6) is 0 Å². The number of rotatable bonds is 6. The summed E-state index contributed by atoms with van der Waals surface area (Å²) in [5.74, 6) is 0.0242. The minimum Gasteiger partial charge on any atom is -0.364 e. The molecule has 26 heavy (non-hydrogen) atoms. The Morgan fingerprint density at radius 2 is 1.92 bits per heavy atom. The van der Waals surface area contributed by atoms with E-state index >= 15 is 0 Å². The summed E-state index contributed by atoms with van der Waals surface area (Å²) in [5, 5.41) is 3.11. The fourth-order valence-corrected chi connectivity index (χ4v) is 3.72. The van der Waals surface area contributed by atoms with Crippen molar-refractivity contribution >= 4 is 30.7 Å². The number of ether oxygens (including phenoxy) is 1. The first kappa shape index (κ1) is 23.2. The second-order valence-electron chi connectivity index (χ2n) is 6.91. The molecule has 2 aliphatic rings. The van der Waals surface area contributed by atoms with Gasteiger partial charge in [-0.2, -0.15) is 0 Å². The molecular weight excluding hydrogens is 373 g/mol. The van der Waals surface area contributed by atoms with Gasteiger partial charge >= 0.3 is 0 Å². The number of amides is 1. The zero-order valence-corrected chi connectivity index (χ0v) is 16.8. The molecule has 2 fully saturated rings. The Morgan fingerprint density at radius 3 is 2.62 bits per heavy atom. The highest BCUT2D eigenvalue weighted by Crippen LogP contribution is 2.21. The molecule has 2 heterocycles. The van der Waals surface area contributed by atoms with Gasteiger partial charge in [-0.25, -0.2) is 0 Å². The van der Waals surface area contributed by atoms with Crippen LogP contribution in [0.25, 0.3) is 0 Å². The fraction of sp³-hybridized carbons (Fsp3) is 0.632. The number of nitrogens with one attached hydrogen (secondary N) is 1. The van der Waals surface area contributed by atoms with Crippen molar-refractivity contribution in [2.75, 3.05) is 19.6 Å². The lowest BCUT2D eigenvalue weighted by Gasteiger charge is -2.36. The lowest BCUT2D eigenvalue weighted by Crippen LogP contribution is -2.48. The van der Waals surface area contributed by atoms with Crippen molar-refractivity contribution in [1.82, 2.24) is 10.2 Å². The molecule has 5 nitrogen and oxygen atoms in total. The molecule has 1 aromatic carbocycles. The maximum Gasteiger partial charge on any atom is 0.249 e. The topological polar surface area (TPSA) is 67.6 Å². The third kappa shape index (κ3) is 6.39. The monoisotopic (exact) mass is 403 g/mol. The summed E-state index contributed by atoms with van der Waals surface area (Å²) < 4.78 is 5.68. The van der Waals surface area contributed by atoms with E-state index in [1.807, 2.05) is 6.07 Å². The van der Waals surface area contributed by atoms with E-state index in [1.54, 1.807) is 0 Å². The standard InChI is InChI=1S/C19H29N3O2.2ClH/c20-12-17-9-10-18(24-17)19(23)21-13-16-8-4-5-11-22(16)14-15-6-2-1-3-7-15;;/h1-3,6-7,16-18H,4-5,8-14,20H2,(H,21,23);2*1H/t16?,17-,18+;;/m1../s1. The summed E-state index contributed by atoms with van der Waals surface area (Å²) in [4.78, 5) is 14.8. The van der Waals surface area contributed by atoms with E-state index in [2.05, 4.69) is 34.5 Å². The van der Waals surface area contributed by atoms with Crippen LogP contribution < -0.4 is 11.1 Å². The quantitative estimate of drug-likeness (QED) is 0.765. The number of hydrogen-bond donors (Lipinski definition) is 2. The molecule has 7 heteroatoms. The number of nitrogens with two attached hydrogens (primary N) is 1. The van der Waals surface area contributed by atoms with E-state index in [0.717, 1.165) is 32.4 Å². The molecule has 0 radical (unpaired) electrons. The smallest absolute Gasteiger partial charge is 0.249 e. The second kappa shape index (κ2) is 11.8. The number of carbonyl (C=O) groups excluding carboxylic acids is 1. The molecule has 0 aromatic heterocycles. The SMILES string of the molecule is Cl.Cl.NC[C@H]1CC[C@@H](C(=O)NCC2CCCCN2Cc2ccccc2)O1. The van der Waals surface area contributed by atoms with Crippen molar-refractivity contribution in [3.8, 4) is 0 Å². The number of halogens is 2. The lowest BCUT2D eigenvalue weighted by atomic mass is 10.0. The van der Waals surface area contributed by atoms with Gasteiger partial charge in [0.1, 0.15) is 6.10 Å². The minimum absolute atomic E-state index is 0. The van der Waals surface area contributed by atoms with Crippen LogP contribution in [0, 0.1) is 0 Å². The van der Waals surface area contributed by atoms with Gasteiger partial charge < -0.3 is 15.8 Å². The summed E-state index contributed by atoms with van der Waals surface area (Å²) >= 11 is 0. The second-order valence-corrected chi connectivity index (χ2v) is 6.91. The van der Waals surface area contributed by atoms with Crippen molar-refractivity contribution in [1.29, 1.82) is 0 Å². The predicted molar refractivity (Wildman–Crippen MR) is 109 cm³/mol. The van der Waals surface area contributed by atoms with Crippen molar-refractivity contribution in [3.63, 3.8) is 0 Å². The zero-order chi connectivity index (χ0) is 16.8. The lowest BCUT2D eigenvalue weighted by molar-refractivity contribution is -0.132. The fourth-order valence-electron chi connectivity index (χ4n) is 3.72. The largest absolute Gasteiger partial charge is 0.364 e. The van der Waals surface area contributed by atoms with Gasteiger partial charge in [-0.15, -0.1) is 24.8 Å². The summed E-state index contributed by atoms with van der Waals surface area (Å²) in [5.41, 5.74) is 6.95. The molecule has 1 aromatic rings. The Bertz CT molecular complexity index is 533. The third-order valence-electron chi connectivity index (χ3n) is 5.15. The van der Waals surface area contributed by atoms with Crippen molar-refractivity contribution in [2.45, 2.75) is 56.9 Å². The van der Waals surface area contributed by atoms with Crippen LogP contribution in [0.4, 0.5) is 0 Å². The first-order valence-corrected chi connectivity index (χ1v) is 9.17. The summed E-state index contributed by atoms with van der Waals surface area (Å²) in [6.45, 7) is 3.26. The van der Waals surface area contributed by atoms with Crippen LogP contribution in [0.15, 0.2) is 30.3 Å². The van der Waals surface area contributed by atoms with E-state index in [4.69, 9.17) is 10.5 Å². The van der Waals surface area contributed by atoms with Gasteiger partial charge in [0.05, 0.1) is 6.10 Å². The van der Waals surface area contributed by atoms with E-state index in [1.165, 1.54) is 18.4 Å². The molecular formula is C19H31Cl2N3O2. The summed E-state index contributed by atoms with van der Waals surface area (Å²) in [6, 6.07) is 11.0. The maximum atomic E-state index is 12.3. The van der Waals surface area contributed by atoms with Crippen LogP contribution in [-0.4, -0.2) is 48.7 Å². The highest BCUT2D eigenvalue weighted by atomic mass is 35.5. The Balaban J connectivity index is 0.00000169. The maximum absolute atomic E-state index is 12.3. The van der Waals surface area contributed by atoms with Gasteiger partial charge in [0.25, 0.3) is 0 Å². The third-order valence-corrected chi connectivity index (χ3v) is 5.15. The van der Waals surface area contributed by atoms with Crippen LogP contribution >= 0.6 is 24.8 Å². The van der Waals surface area contributed by atoms with Crippen LogP contribution in [0.2, 0.25) is 0 Å². The zero-order valence-electron chi connectivity index (χ0n) is 15.1. The number of carbonyl (C=O) groups is 1. The number of hydrogen-bond acceptors (Lipinski definition) is 4. The molecule has 0 aliphatic carbocycles. The molecule has 2 saturated heterocycles. The molecule has 0 bridgehead atoms. The average molecular weight is 404 g/mol. The van der Waals surface area contributed by atoms with E-state index in [-0.39, 0.29) is 42.9 Å². The van der Waals surface area contributed by atoms with Crippen LogP contribution in [-0.2, 0) is 16.1 Å². The van der Waals surface area contributed by atoms with Crippen molar-refractivity contribution in [2.24, 2.45) is 5.73 Å². The van der Waals surface area contributed by atoms with Gasteiger partial charge in [0.2, 0.25) is 5.91 Å². The molecule has 1 unspecified atom stereocenters.